The van der Waals surface area contributed by atoms with Crippen LogP contribution in [0.2, 0.25) is 0 Å². The molecule has 2 aliphatic heterocycles. The maximum atomic E-state index is 14.4. The number of ether oxygens (including phenoxy) is 2. The van der Waals surface area contributed by atoms with Crippen LogP contribution < -0.4 is 16.1 Å². The van der Waals surface area contributed by atoms with Gasteiger partial charge in [0.05, 0.1) is 59.7 Å². The van der Waals surface area contributed by atoms with Gasteiger partial charge in [-0.1, -0.05) is 91.6 Å². The largest absolute Gasteiger partial charge is 0.379 e. The van der Waals surface area contributed by atoms with Crippen molar-refractivity contribution in [3.05, 3.63) is 35.9 Å². The third-order valence-electron chi connectivity index (χ3n) is 13.9. The van der Waals surface area contributed by atoms with Crippen molar-refractivity contribution in [2.24, 2.45) is 28.8 Å². The summed E-state index contributed by atoms with van der Waals surface area (Å²) >= 11 is 1.39. The number of benzene rings is 1. The fraction of sp³-hybridized carbons (Fsp3) is 0.725. The Morgan fingerprint density at radius 2 is 1.55 bits per heavy atom. The first-order valence-electron chi connectivity index (χ1n) is 24.8. The van der Waals surface area contributed by atoms with Gasteiger partial charge >= 0.3 is 0 Å². The number of nitrogens with zero attached hydrogens (tertiary/aromatic N) is 5. The van der Waals surface area contributed by atoms with E-state index < -0.39 is 48.3 Å². The highest BCUT2D eigenvalue weighted by Gasteiger charge is 2.44. The number of carbonyl (C=O) groups excluding carboxylic acids is 7. The molecular weight excluding hydrogens is 901 g/mol. The summed E-state index contributed by atoms with van der Waals surface area (Å²) in [6.45, 7) is 16.2. The van der Waals surface area contributed by atoms with E-state index in [0.29, 0.717) is 62.9 Å². The fourth-order valence-corrected chi connectivity index (χ4v) is 10.5. The highest BCUT2D eigenvalue weighted by molar-refractivity contribution is 8.00. The third-order valence-corrected chi connectivity index (χ3v) is 14.8. The first-order chi connectivity index (χ1) is 32.6. The molecule has 1 unspecified atom stereocenters. The zero-order valence-electron chi connectivity index (χ0n) is 43.9. The minimum absolute atomic E-state index is 0.00952. The number of imide groups is 1. The van der Waals surface area contributed by atoms with Gasteiger partial charge in [-0.2, -0.15) is 16.9 Å². The summed E-state index contributed by atoms with van der Waals surface area (Å²) in [6, 6.07) is 6.52. The molecule has 1 aromatic rings. The molecular formula is C51H84N8O9S. The van der Waals surface area contributed by atoms with Gasteiger partial charge in [-0.3, -0.25) is 43.4 Å². The van der Waals surface area contributed by atoms with Crippen molar-refractivity contribution >= 4 is 58.8 Å². The van der Waals surface area contributed by atoms with Crippen LogP contribution in [0.25, 0.3) is 0 Å². The molecule has 0 aromatic heterocycles. The zero-order chi connectivity index (χ0) is 51.7. The molecule has 0 bridgehead atoms. The van der Waals surface area contributed by atoms with Crippen LogP contribution in [0.1, 0.15) is 119 Å². The lowest BCUT2D eigenvalue weighted by atomic mass is 9.89. The van der Waals surface area contributed by atoms with E-state index >= 15 is 0 Å². The van der Waals surface area contributed by atoms with Crippen molar-refractivity contribution in [2.75, 3.05) is 54.7 Å². The van der Waals surface area contributed by atoms with E-state index in [1.54, 1.807) is 44.9 Å². The van der Waals surface area contributed by atoms with Gasteiger partial charge < -0.3 is 29.9 Å². The Labute approximate surface area is 416 Å². The summed E-state index contributed by atoms with van der Waals surface area (Å²) < 4.78 is 12.1. The van der Waals surface area contributed by atoms with Crippen molar-refractivity contribution in [1.82, 2.24) is 35.7 Å². The number of thioether (sulfide) groups is 1. The van der Waals surface area contributed by atoms with Gasteiger partial charge in [0, 0.05) is 47.2 Å². The summed E-state index contributed by atoms with van der Waals surface area (Å²) in [5.74, 6) is -2.47. The number of nitrogens with one attached hydrogen (secondary N) is 3. The van der Waals surface area contributed by atoms with Crippen LogP contribution in [0.5, 0.6) is 0 Å². The molecule has 69 heavy (non-hydrogen) atoms. The van der Waals surface area contributed by atoms with Gasteiger partial charge in [-0.25, -0.2) is 5.43 Å². The monoisotopic (exact) mass is 985 g/mol. The van der Waals surface area contributed by atoms with Crippen molar-refractivity contribution in [3.8, 4) is 0 Å². The minimum atomic E-state index is -0.790. The summed E-state index contributed by atoms with van der Waals surface area (Å²) in [4.78, 5) is 101. The number of hydrogen-bond acceptors (Lipinski definition) is 12. The zero-order valence-corrected chi connectivity index (χ0v) is 44.7. The Hall–Kier alpha value is -4.39. The van der Waals surface area contributed by atoms with Crippen LogP contribution in [0.3, 0.4) is 0 Å². The number of hydrogen-bond donors (Lipinski definition) is 3. The topological polar surface area (TPSA) is 199 Å². The van der Waals surface area contributed by atoms with Gasteiger partial charge in [0.15, 0.2) is 0 Å². The van der Waals surface area contributed by atoms with Crippen LogP contribution in [-0.2, 0) is 43.0 Å². The van der Waals surface area contributed by atoms with E-state index in [-0.39, 0.29) is 83.6 Å². The maximum Gasteiger partial charge on any atom is 0.245 e. The van der Waals surface area contributed by atoms with Gasteiger partial charge in [0.2, 0.25) is 41.4 Å². The van der Waals surface area contributed by atoms with E-state index in [2.05, 4.69) is 21.2 Å². The molecule has 1 aromatic carbocycles. The van der Waals surface area contributed by atoms with Crippen LogP contribution in [0, 0.1) is 23.7 Å². The number of amides is 7. The van der Waals surface area contributed by atoms with Crippen molar-refractivity contribution in [3.63, 3.8) is 0 Å². The average Bonchev–Trinajstić information content (AvgIpc) is 3.90. The number of unbranched alkanes of at least 4 members (excludes halogenated alkanes) is 2. The molecule has 2 saturated heterocycles. The number of likely N-dealkylation sites (tertiary alicyclic amines) is 2. The Balaban J connectivity index is 1.71. The molecule has 3 rings (SSSR count). The molecule has 2 aliphatic rings. The van der Waals surface area contributed by atoms with Crippen molar-refractivity contribution < 1.29 is 43.0 Å². The molecule has 0 spiro atoms. The summed E-state index contributed by atoms with van der Waals surface area (Å²) in [5, 5.41) is 10.3. The minimum Gasteiger partial charge on any atom is -0.379 e. The highest BCUT2D eigenvalue weighted by atomic mass is 32.2. The summed E-state index contributed by atoms with van der Waals surface area (Å²) in [6.07, 6.45) is 4.77. The Morgan fingerprint density at radius 1 is 0.884 bits per heavy atom. The molecule has 7 amide bonds. The van der Waals surface area contributed by atoms with Gasteiger partial charge in [0.1, 0.15) is 6.04 Å². The molecule has 17 nitrogen and oxygen atoms in total. The van der Waals surface area contributed by atoms with Crippen LogP contribution in [0.4, 0.5) is 0 Å². The molecule has 3 N–H and O–H groups in total. The molecule has 2 heterocycles. The maximum absolute atomic E-state index is 14.4. The van der Waals surface area contributed by atoms with E-state index in [1.165, 1.54) is 16.7 Å². The number of hydrazone groups is 1. The molecule has 10 atom stereocenters. The second-order valence-electron chi connectivity index (χ2n) is 19.7. The number of rotatable bonds is 28. The van der Waals surface area contributed by atoms with E-state index in [9.17, 15) is 33.6 Å². The first-order valence-corrected chi connectivity index (χ1v) is 26.1. The number of likely N-dealkylation sites (N-methyl/N-ethyl adjacent to an activating group) is 2. The lowest BCUT2D eigenvalue weighted by molar-refractivity contribution is -0.148. The second kappa shape index (κ2) is 28.5. The number of carbonyl (C=O) groups is 7. The molecule has 0 saturated carbocycles. The highest BCUT2D eigenvalue weighted by Crippen LogP contribution is 2.30. The molecule has 0 aliphatic carbocycles. The Kier molecular flexibility index (Phi) is 24.3. The molecule has 0 radical (unpaired) electrons. The quantitative estimate of drug-likeness (QED) is 0.0455. The number of methoxy groups -OCH3 is 2. The average molecular weight is 985 g/mol. The molecule has 18 heteroatoms. The van der Waals surface area contributed by atoms with Crippen molar-refractivity contribution in [1.29, 1.82) is 0 Å². The van der Waals surface area contributed by atoms with Gasteiger partial charge in [-0.05, 0) is 76.3 Å². The van der Waals surface area contributed by atoms with Gasteiger partial charge in [0.25, 0.3) is 0 Å². The Morgan fingerprint density at radius 3 is 2.10 bits per heavy atom. The van der Waals surface area contributed by atoms with E-state index in [4.69, 9.17) is 9.47 Å². The lowest BCUT2D eigenvalue weighted by Crippen LogP contribution is -2.59. The lowest BCUT2D eigenvalue weighted by Gasteiger charge is -2.41. The van der Waals surface area contributed by atoms with Crippen LogP contribution in [0.15, 0.2) is 35.4 Å². The van der Waals surface area contributed by atoms with Gasteiger partial charge in [-0.15, -0.1) is 0 Å². The smallest absolute Gasteiger partial charge is 0.245 e. The predicted molar refractivity (Wildman–Crippen MR) is 271 cm³/mol. The van der Waals surface area contributed by atoms with Crippen LogP contribution in [-0.4, -0.2) is 169 Å². The summed E-state index contributed by atoms with van der Waals surface area (Å²) in [5.41, 5.74) is 3.82. The molecule has 2 fully saturated rings. The predicted octanol–water partition coefficient (Wildman–Crippen LogP) is 4.71. The standard InChI is InChI=1S/C51H84N8O9S/c1-15-33(6)46(57(11)51(66)43(31(2)3)53-49(64)45(32(4)5)56(9)10)38(67-12)29-41(61)58-28-22-25-37(58)47(68-13)34(7)48(63)52-35(8)44(36-23-18-16-19-24-36)55-54-40(60)26-20-17-21-27-59-42(62)30-39(69-14)50(59)65/h16,18-19,23-24,31-35,37-39,43,45-47H,15,17,20-22,25-30H2,1-14H3,(H,52,63)(H,53,64)(H,54,60)/b55-44+/t33-,34+,35+,37-,38+,39?,43-,45-,46-,47+/m0/s1. The Bertz CT molecular complexity index is 1890. The SMILES string of the molecule is CC[C@H](C)[C@@H]([C@@H](CC(=O)N1CCC[C@H]1[C@H](OC)[C@@H](C)C(=O)N[C@H](C)/C(=N\NC(=O)CCCCCN1C(=O)CC(SC)C1=O)c1ccccc1)OC)N(C)C(=O)[C@@H](NC(=O)[C@H](C(C)C)N(C)C)C(C)C. The van der Waals surface area contributed by atoms with Crippen LogP contribution >= 0.6 is 11.8 Å². The first kappa shape index (κ1) is 58.9. The third kappa shape index (κ3) is 16.1. The van der Waals surface area contributed by atoms with E-state index in [0.717, 1.165) is 0 Å². The normalized spacial score (nSPS) is 20.1. The van der Waals surface area contributed by atoms with E-state index in [1.807, 2.05) is 97.1 Å². The summed E-state index contributed by atoms with van der Waals surface area (Å²) in [7, 11) is 8.52. The molecule has 388 valence electrons. The fourth-order valence-electron chi connectivity index (χ4n) is 9.83. The van der Waals surface area contributed by atoms with Crippen molar-refractivity contribution in [2.45, 2.75) is 161 Å². The second-order valence-corrected chi connectivity index (χ2v) is 20.8.